The third-order valence-corrected chi connectivity index (χ3v) is 1.91. The molecule has 1 aromatic rings. The number of nitrogens with zero attached hydrogens (tertiary/aromatic N) is 3. The number of carbonyl (C=O) groups excluding carboxylic acids is 1. The Morgan fingerprint density at radius 3 is 2.31 bits per heavy atom. The predicted molar refractivity (Wildman–Crippen MR) is 53.5 cm³/mol. The third kappa shape index (κ3) is 2.55. The van der Waals surface area contributed by atoms with E-state index in [-0.39, 0.29) is 18.7 Å². The van der Waals surface area contributed by atoms with Crippen LogP contribution >= 0.6 is 0 Å². The molecule has 4 nitrogen and oxygen atoms in total. The molecule has 0 heterocycles. The van der Waals surface area contributed by atoms with E-state index in [0.29, 0.717) is 0 Å². The van der Waals surface area contributed by atoms with Crippen molar-refractivity contribution in [3.8, 4) is 12.1 Å². The van der Waals surface area contributed by atoms with Gasteiger partial charge in [0.15, 0.2) is 0 Å². The van der Waals surface area contributed by atoms with Crippen LogP contribution in [0.3, 0.4) is 0 Å². The summed E-state index contributed by atoms with van der Waals surface area (Å²) in [6, 6.07) is 8.97. The van der Waals surface area contributed by atoms with E-state index in [9.17, 15) is 9.18 Å². The average Bonchev–Trinajstić information content (AvgIpc) is 2.28. The summed E-state index contributed by atoms with van der Waals surface area (Å²) in [4.78, 5) is 12.7. The molecular formula is C11H8FN3O. The first kappa shape index (κ1) is 11.7. The number of amides is 1. The summed E-state index contributed by atoms with van der Waals surface area (Å²) in [6.45, 7) is -0.471. The van der Waals surface area contributed by atoms with Crippen LogP contribution in [0, 0.1) is 28.5 Å². The molecule has 0 N–H and O–H groups in total. The highest BCUT2D eigenvalue weighted by atomic mass is 19.1. The molecule has 1 rings (SSSR count). The van der Waals surface area contributed by atoms with Crippen LogP contribution in [0.1, 0.15) is 10.4 Å². The van der Waals surface area contributed by atoms with E-state index in [2.05, 4.69) is 0 Å². The molecule has 0 saturated carbocycles. The number of carbonyl (C=O) groups is 1. The van der Waals surface area contributed by atoms with Crippen LogP contribution < -0.4 is 0 Å². The first-order chi connectivity index (χ1) is 7.70. The largest absolute Gasteiger partial charge is 0.312 e. The smallest absolute Gasteiger partial charge is 0.258 e. The van der Waals surface area contributed by atoms with Crippen LogP contribution in [0.25, 0.3) is 0 Å². The van der Waals surface area contributed by atoms with Crippen molar-refractivity contribution in [2.75, 3.05) is 13.1 Å². The summed E-state index contributed by atoms with van der Waals surface area (Å²) in [5.41, 5.74) is -0.131. The van der Waals surface area contributed by atoms with Crippen LogP contribution in [0.15, 0.2) is 24.3 Å². The Kier molecular flexibility index (Phi) is 3.99. The standard InChI is InChI=1S/C11H8FN3O/c12-10-4-2-1-3-9(10)11(16)15(7-5-13)8-6-14/h1-4H,7-8H2. The van der Waals surface area contributed by atoms with Gasteiger partial charge >= 0.3 is 0 Å². The second-order valence-electron chi connectivity index (χ2n) is 2.96. The van der Waals surface area contributed by atoms with Gasteiger partial charge < -0.3 is 4.90 Å². The number of halogens is 1. The van der Waals surface area contributed by atoms with Gasteiger partial charge in [-0.3, -0.25) is 4.79 Å². The molecule has 80 valence electrons. The van der Waals surface area contributed by atoms with Crippen LogP contribution in [0.4, 0.5) is 4.39 Å². The Morgan fingerprint density at radius 2 is 1.81 bits per heavy atom. The SMILES string of the molecule is N#CCN(CC#N)C(=O)c1ccccc1F. The highest BCUT2D eigenvalue weighted by molar-refractivity contribution is 5.94. The molecule has 0 radical (unpaired) electrons. The number of rotatable bonds is 3. The molecule has 0 saturated heterocycles. The zero-order valence-corrected chi connectivity index (χ0v) is 8.35. The van der Waals surface area contributed by atoms with Gasteiger partial charge in [-0.1, -0.05) is 12.1 Å². The molecule has 0 atom stereocenters. The minimum atomic E-state index is -0.659. The van der Waals surface area contributed by atoms with Gasteiger partial charge in [-0.25, -0.2) is 4.39 Å². The fourth-order valence-corrected chi connectivity index (χ4v) is 1.18. The molecule has 0 aliphatic heterocycles. The van der Waals surface area contributed by atoms with Gasteiger partial charge in [0.05, 0.1) is 17.7 Å². The van der Waals surface area contributed by atoms with Crippen LogP contribution in [0.2, 0.25) is 0 Å². The number of hydrogen-bond donors (Lipinski definition) is 0. The minimum Gasteiger partial charge on any atom is -0.312 e. The molecule has 16 heavy (non-hydrogen) atoms. The van der Waals surface area contributed by atoms with Crippen molar-refractivity contribution >= 4 is 5.91 Å². The van der Waals surface area contributed by atoms with Gasteiger partial charge in [0.25, 0.3) is 5.91 Å². The van der Waals surface area contributed by atoms with Gasteiger partial charge in [0, 0.05) is 0 Å². The zero-order chi connectivity index (χ0) is 12.0. The molecule has 5 heteroatoms. The maximum absolute atomic E-state index is 13.3. The molecular weight excluding hydrogens is 209 g/mol. The minimum absolute atomic E-state index is 0.131. The van der Waals surface area contributed by atoms with Crippen LogP contribution in [-0.4, -0.2) is 23.9 Å². The number of hydrogen-bond acceptors (Lipinski definition) is 3. The Bertz CT molecular complexity index is 457. The van der Waals surface area contributed by atoms with Gasteiger partial charge in [0.1, 0.15) is 18.9 Å². The van der Waals surface area contributed by atoms with Crippen molar-refractivity contribution in [3.63, 3.8) is 0 Å². The summed E-state index contributed by atoms with van der Waals surface area (Å²) in [6.07, 6.45) is 0. The first-order valence-corrected chi connectivity index (χ1v) is 4.48. The van der Waals surface area contributed by atoms with E-state index >= 15 is 0 Å². The number of benzene rings is 1. The van der Waals surface area contributed by atoms with Gasteiger partial charge in [0.2, 0.25) is 0 Å². The predicted octanol–water partition coefficient (Wildman–Crippen LogP) is 1.32. The third-order valence-electron chi connectivity index (χ3n) is 1.91. The second kappa shape index (κ2) is 5.47. The topological polar surface area (TPSA) is 67.9 Å². The van der Waals surface area contributed by atoms with E-state index in [1.54, 1.807) is 12.1 Å². The molecule has 1 amide bonds. The maximum atomic E-state index is 13.3. The maximum Gasteiger partial charge on any atom is 0.258 e. The normalized spacial score (nSPS) is 8.94. The lowest BCUT2D eigenvalue weighted by molar-refractivity contribution is 0.0790. The molecule has 0 bridgehead atoms. The van der Waals surface area contributed by atoms with E-state index in [1.807, 2.05) is 0 Å². The molecule has 1 aromatic carbocycles. The molecule has 0 unspecified atom stereocenters. The lowest BCUT2D eigenvalue weighted by Crippen LogP contribution is -2.32. The fraction of sp³-hybridized carbons (Fsp3) is 0.182. The molecule has 0 spiro atoms. The Labute approximate surface area is 92.1 Å². The second-order valence-corrected chi connectivity index (χ2v) is 2.96. The van der Waals surface area contributed by atoms with Crippen LogP contribution in [0.5, 0.6) is 0 Å². The Balaban J connectivity index is 2.96. The van der Waals surface area contributed by atoms with Gasteiger partial charge in [-0.2, -0.15) is 10.5 Å². The van der Waals surface area contributed by atoms with Crippen molar-refractivity contribution < 1.29 is 9.18 Å². The molecule has 0 aliphatic rings. The average molecular weight is 217 g/mol. The van der Waals surface area contributed by atoms with Crippen molar-refractivity contribution in [1.29, 1.82) is 10.5 Å². The van der Waals surface area contributed by atoms with Crippen molar-refractivity contribution in [3.05, 3.63) is 35.6 Å². The van der Waals surface area contributed by atoms with E-state index in [4.69, 9.17) is 10.5 Å². The lowest BCUT2D eigenvalue weighted by atomic mass is 10.2. The summed E-state index contributed by atoms with van der Waals surface area (Å²) >= 11 is 0. The van der Waals surface area contributed by atoms with Gasteiger partial charge in [-0.15, -0.1) is 0 Å². The summed E-state index contributed by atoms with van der Waals surface area (Å²) in [5.74, 6) is -1.31. The molecule has 0 fully saturated rings. The summed E-state index contributed by atoms with van der Waals surface area (Å²) < 4.78 is 13.3. The van der Waals surface area contributed by atoms with E-state index < -0.39 is 11.7 Å². The highest BCUT2D eigenvalue weighted by Crippen LogP contribution is 2.09. The first-order valence-electron chi connectivity index (χ1n) is 4.48. The fourth-order valence-electron chi connectivity index (χ4n) is 1.18. The van der Waals surface area contributed by atoms with E-state index in [0.717, 1.165) is 11.0 Å². The highest BCUT2D eigenvalue weighted by Gasteiger charge is 2.17. The quantitative estimate of drug-likeness (QED) is 0.717. The monoisotopic (exact) mass is 217 g/mol. The van der Waals surface area contributed by atoms with Crippen LogP contribution in [-0.2, 0) is 0 Å². The summed E-state index contributed by atoms with van der Waals surface area (Å²) in [5, 5.41) is 17.0. The lowest BCUT2D eigenvalue weighted by Gasteiger charge is -2.15. The molecule has 0 aromatic heterocycles. The van der Waals surface area contributed by atoms with Crippen molar-refractivity contribution in [2.45, 2.75) is 0 Å². The zero-order valence-electron chi connectivity index (χ0n) is 8.35. The van der Waals surface area contributed by atoms with E-state index in [1.165, 1.54) is 18.2 Å². The van der Waals surface area contributed by atoms with Gasteiger partial charge in [-0.05, 0) is 12.1 Å². The Morgan fingerprint density at radius 1 is 1.25 bits per heavy atom. The van der Waals surface area contributed by atoms with Crippen molar-refractivity contribution in [1.82, 2.24) is 4.90 Å². The summed E-state index contributed by atoms with van der Waals surface area (Å²) in [7, 11) is 0. The Hall–Kier alpha value is -2.40. The molecule has 0 aliphatic carbocycles. The van der Waals surface area contributed by atoms with Crippen molar-refractivity contribution in [2.24, 2.45) is 0 Å². The number of nitriles is 2.